The van der Waals surface area contributed by atoms with Gasteiger partial charge in [0.25, 0.3) is 0 Å². The highest BCUT2D eigenvalue weighted by Crippen LogP contribution is 2.38. The molecule has 0 aromatic heterocycles. The molecule has 18 heavy (non-hydrogen) atoms. The summed E-state index contributed by atoms with van der Waals surface area (Å²) in [6, 6.07) is 13.6. The summed E-state index contributed by atoms with van der Waals surface area (Å²) in [4.78, 5) is 0. The second kappa shape index (κ2) is 4.66. The molecule has 3 rings (SSSR count). The zero-order valence-electron chi connectivity index (χ0n) is 10.1. The van der Waals surface area contributed by atoms with Crippen molar-refractivity contribution < 1.29 is 5.11 Å². The Labute approximate surface area is 112 Å². The van der Waals surface area contributed by atoms with Crippen molar-refractivity contribution in [3.63, 3.8) is 0 Å². The van der Waals surface area contributed by atoms with Crippen LogP contribution >= 0.6 is 11.6 Å². The third-order valence-corrected chi connectivity index (χ3v) is 3.99. The number of hydrogen-bond acceptors (Lipinski definition) is 1. The van der Waals surface area contributed by atoms with Crippen LogP contribution in [-0.4, -0.2) is 5.11 Å². The fourth-order valence-electron chi connectivity index (χ4n) is 2.42. The van der Waals surface area contributed by atoms with Gasteiger partial charge in [0, 0.05) is 10.6 Å². The van der Waals surface area contributed by atoms with Crippen molar-refractivity contribution in [2.24, 2.45) is 0 Å². The smallest absolute Gasteiger partial charge is 0.123 e. The molecule has 2 aromatic rings. The van der Waals surface area contributed by atoms with Crippen molar-refractivity contribution in [3.8, 4) is 16.9 Å². The second-order valence-electron chi connectivity index (χ2n) is 4.91. The third kappa shape index (κ3) is 2.11. The minimum Gasteiger partial charge on any atom is -0.507 e. The van der Waals surface area contributed by atoms with Gasteiger partial charge in [0.2, 0.25) is 0 Å². The van der Waals surface area contributed by atoms with Crippen LogP contribution in [0.4, 0.5) is 0 Å². The third-order valence-electron chi connectivity index (χ3n) is 3.76. The Kier molecular flexibility index (Phi) is 3.00. The zero-order valence-corrected chi connectivity index (χ0v) is 10.8. The molecule has 0 spiro atoms. The largest absolute Gasteiger partial charge is 0.507 e. The van der Waals surface area contributed by atoms with Gasteiger partial charge in [-0.05, 0) is 48.1 Å². The molecule has 1 saturated carbocycles. The highest BCUT2D eigenvalue weighted by Gasteiger charge is 2.19. The summed E-state index contributed by atoms with van der Waals surface area (Å²) >= 11 is 5.97. The first-order valence-electron chi connectivity index (χ1n) is 6.33. The molecule has 0 heterocycles. The number of aromatic hydroxyl groups is 1. The van der Waals surface area contributed by atoms with Crippen molar-refractivity contribution >= 4 is 11.6 Å². The molecule has 0 bridgehead atoms. The van der Waals surface area contributed by atoms with E-state index in [9.17, 15) is 5.11 Å². The van der Waals surface area contributed by atoms with Crippen LogP contribution in [0.1, 0.15) is 30.7 Å². The van der Waals surface area contributed by atoms with Crippen molar-refractivity contribution in [1.82, 2.24) is 0 Å². The van der Waals surface area contributed by atoms with Crippen LogP contribution < -0.4 is 0 Å². The van der Waals surface area contributed by atoms with Gasteiger partial charge in [0.15, 0.2) is 0 Å². The average Bonchev–Trinajstić information content (AvgIpc) is 2.31. The molecule has 0 amide bonds. The first-order valence-corrected chi connectivity index (χ1v) is 6.71. The minimum atomic E-state index is 0.274. The molecule has 0 unspecified atom stereocenters. The molecule has 1 N–H and O–H groups in total. The van der Waals surface area contributed by atoms with Gasteiger partial charge < -0.3 is 5.11 Å². The molecule has 92 valence electrons. The van der Waals surface area contributed by atoms with Gasteiger partial charge in [0.05, 0.1) is 0 Å². The van der Waals surface area contributed by atoms with E-state index in [0.717, 1.165) is 17.0 Å². The van der Waals surface area contributed by atoms with E-state index < -0.39 is 0 Å². The summed E-state index contributed by atoms with van der Waals surface area (Å²) in [6.45, 7) is 0. The Bertz CT molecular complexity index is 556. The van der Waals surface area contributed by atoms with Crippen molar-refractivity contribution in [2.75, 3.05) is 0 Å². The van der Waals surface area contributed by atoms with Crippen LogP contribution in [0.2, 0.25) is 5.02 Å². The predicted octanol–water partition coefficient (Wildman–Crippen LogP) is 4.98. The first-order chi connectivity index (χ1) is 8.74. The van der Waals surface area contributed by atoms with Crippen molar-refractivity contribution in [1.29, 1.82) is 0 Å². The SMILES string of the molecule is Oc1ccc(Cl)cc1-c1ccc(C2CCC2)cc1. The lowest BCUT2D eigenvalue weighted by Gasteiger charge is -2.25. The van der Waals surface area contributed by atoms with E-state index in [1.807, 2.05) is 0 Å². The molecule has 0 radical (unpaired) electrons. The van der Waals surface area contributed by atoms with Crippen LogP contribution in [0, 0.1) is 0 Å². The second-order valence-corrected chi connectivity index (χ2v) is 5.35. The highest BCUT2D eigenvalue weighted by atomic mass is 35.5. The van der Waals surface area contributed by atoms with E-state index in [1.165, 1.54) is 24.8 Å². The van der Waals surface area contributed by atoms with Crippen molar-refractivity contribution in [3.05, 3.63) is 53.1 Å². The summed E-state index contributed by atoms with van der Waals surface area (Å²) in [5, 5.41) is 10.5. The number of benzene rings is 2. The Balaban J connectivity index is 1.94. The van der Waals surface area contributed by atoms with Crippen LogP contribution in [-0.2, 0) is 0 Å². The van der Waals surface area contributed by atoms with E-state index in [4.69, 9.17) is 11.6 Å². The van der Waals surface area contributed by atoms with Gasteiger partial charge in [-0.15, -0.1) is 0 Å². The molecule has 0 aliphatic heterocycles. The zero-order chi connectivity index (χ0) is 12.5. The standard InChI is InChI=1S/C16H15ClO/c17-14-8-9-16(18)15(10-14)13-6-4-12(5-7-13)11-2-1-3-11/h4-11,18H,1-3H2. The maximum atomic E-state index is 9.87. The summed E-state index contributed by atoms with van der Waals surface area (Å²) < 4.78 is 0. The molecule has 1 aliphatic carbocycles. The topological polar surface area (TPSA) is 20.2 Å². The Hall–Kier alpha value is -1.47. The highest BCUT2D eigenvalue weighted by molar-refractivity contribution is 6.31. The molecule has 1 aliphatic rings. The van der Waals surface area contributed by atoms with Gasteiger partial charge in [-0.2, -0.15) is 0 Å². The van der Waals surface area contributed by atoms with E-state index in [-0.39, 0.29) is 5.75 Å². The lowest BCUT2D eigenvalue weighted by Crippen LogP contribution is -2.08. The molecule has 2 heteroatoms. The van der Waals surface area contributed by atoms with E-state index in [1.54, 1.807) is 18.2 Å². The van der Waals surface area contributed by atoms with Crippen LogP contribution in [0.3, 0.4) is 0 Å². The number of phenolic OH excluding ortho intramolecular Hbond substituents is 1. The number of halogens is 1. The first kappa shape index (κ1) is 11.6. The summed E-state index contributed by atoms with van der Waals surface area (Å²) in [7, 11) is 0. The lowest BCUT2D eigenvalue weighted by atomic mass is 9.80. The van der Waals surface area contributed by atoms with Gasteiger partial charge in [-0.1, -0.05) is 42.3 Å². The summed E-state index contributed by atoms with van der Waals surface area (Å²) in [6.07, 6.45) is 3.96. The van der Waals surface area contributed by atoms with Crippen LogP contribution in [0.15, 0.2) is 42.5 Å². The minimum absolute atomic E-state index is 0.274. The lowest BCUT2D eigenvalue weighted by molar-refractivity contribution is 0.420. The molecular weight excluding hydrogens is 244 g/mol. The Morgan fingerprint density at radius 2 is 1.72 bits per heavy atom. The fourth-order valence-corrected chi connectivity index (χ4v) is 2.59. The molecule has 1 nitrogen and oxygen atoms in total. The number of hydrogen-bond donors (Lipinski definition) is 1. The van der Waals surface area contributed by atoms with Gasteiger partial charge >= 0.3 is 0 Å². The predicted molar refractivity (Wildman–Crippen MR) is 75.1 cm³/mol. The molecular formula is C16H15ClO. The summed E-state index contributed by atoms with van der Waals surface area (Å²) in [5.41, 5.74) is 3.22. The Morgan fingerprint density at radius 1 is 1.00 bits per heavy atom. The monoisotopic (exact) mass is 258 g/mol. The van der Waals surface area contributed by atoms with Gasteiger partial charge in [0.1, 0.15) is 5.75 Å². The van der Waals surface area contributed by atoms with Gasteiger partial charge in [-0.3, -0.25) is 0 Å². The number of phenols is 1. The summed E-state index contributed by atoms with van der Waals surface area (Å²) in [5.74, 6) is 1.02. The van der Waals surface area contributed by atoms with Crippen LogP contribution in [0.5, 0.6) is 5.75 Å². The fraction of sp³-hybridized carbons (Fsp3) is 0.250. The van der Waals surface area contributed by atoms with E-state index in [2.05, 4.69) is 24.3 Å². The average molecular weight is 259 g/mol. The maximum Gasteiger partial charge on any atom is 0.123 e. The van der Waals surface area contributed by atoms with E-state index >= 15 is 0 Å². The molecule has 0 atom stereocenters. The molecule has 0 saturated heterocycles. The van der Waals surface area contributed by atoms with Crippen LogP contribution in [0.25, 0.3) is 11.1 Å². The maximum absolute atomic E-state index is 9.87. The normalized spacial score (nSPS) is 15.4. The molecule has 1 fully saturated rings. The van der Waals surface area contributed by atoms with Gasteiger partial charge in [-0.25, -0.2) is 0 Å². The van der Waals surface area contributed by atoms with E-state index in [0.29, 0.717) is 5.02 Å². The number of rotatable bonds is 2. The quantitative estimate of drug-likeness (QED) is 0.805. The Morgan fingerprint density at radius 3 is 2.33 bits per heavy atom. The van der Waals surface area contributed by atoms with Crippen molar-refractivity contribution in [2.45, 2.75) is 25.2 Å². The molecule has 2 aromatic carbocycles.